The number of piperidine rings is 2. The number of hydrogen-bond acceptors (Lipinski definition) is 3. The molecule has 2 saturated heterocycles. The highest BCUT2D eigenvalue weighted by molar-refractivity contribution is 6.33. The van der Waals surface area contributed by atoms with E-state index in [0.29, 0.717) is 22.8 Å². The molecule has 2 atom stereocenters. The monoisotopic (exact) mass is 322 g/mol. The number of fused-ring (bicyclic) bond motifs is 2. The zero-order valence-electron chi connectivity index (χ0n) is 13.1. The quantitative estimate of drug-likeness (QED) is 0.886. The molecule has 2 fully saturated rings. The fraction of sp³-hybridized carbons (Fsp3) is 0.588. The maximum Gasteiger partial charge on any atom is 0.411 e. The van der Waals surface area contributed by atoms with Gasteiger partial charge in [0.25, 0.3) is 0 Å². The molecule has 5 heteroatoms. The molecule has 0 saturated carbocycles. The van der Waals surface area contributed by atoms with E-state index < -0.39 is 6.09 Å². The van der Waals surface area contributed by atoms with Crippen LogP contribution in [0, 0.1) is 6.92 Å². The Hall–Kier alpha value is -1.26. The predicted molar refractivity (Wildman–Crippen MR) is 88.5 cm³/mol. The number of para-hydroxylation sites is 1. The SMILES string of the molecule is Cc1cccc(Cl)c1NC(=O)OC1C[C@H]2CCC[C@H](C1)N2C. The molecule has 1 aromatic carbocycles. The fourth-order valence-corrected chi connectivity index (χ4v) is 4.00. The van der Waals surface area contributed by atoms with Crippen LogP contribution in [0.15, 0.2) is 18.2 Å². The molecule has 4 nitrogen and oxygen atoms in total. The topological polar surface area (TPSA) is 41.6 Å². The number of halogens is 1. The zero-order valence-corrected chi connectivity index (χ0v) is 13.9. The van der Waals surface area contributed by atoms with E-state index in [-0.39, 0.29) is 6.10 Å². The maximum absolute atomic E-state index is 12.2. The number of rotatable bonds is 2. The van der Waals surface area contributed by atoms with Gasteiger partial charge in [-0.3, -0.25) is 5.32 Å². The molecule has 1 amide bonds. The van der Waals surface area contributed by atoms with Gasteiger partial charge in [0.2, 0.25) is 0 Å². The van der Waals surface area contributed by atoms with Gasteiger partial charge in [0.15, 0.2) is 0 Å². The highest BCUT2D eigenvalue weighted by Gasteiger charge is 2.37. The van der Waals surface area contributed by atoms with Gasteiger partial charge in [0.05, 0.1) is 10.7 Å². The summed E-state index contributed by atoms with van der Waals surface area (Å²) >= 11 is 6.14. The Labute approximate surface area is 136 Å². The summed E-state index contributed by atoms with van der Waals surface area (Å²) in [6.07, 6.45) is 5.18. The third-order valence-electron chi connectivity index (χ3n) is 5.02. The summed E-state index contributed by atoms with van der Waals surface area (Å²) in [6.45, 7) is 1.92. The molecule has 0 aliphatic carbocycles. The third kappa shape index (κ3) is 3.23. The second kappa shape index (κ2) is 6.47. The van der Waals surface area contributed by atoms with Crippen LogP contribution in [0.5, 0.6) is 0 Å². The molecule has 2 bridgehead atoms. The zero-order chi connectivity index (χ0) is 15.7. The van der Waals surface area contributed by atoms with E-state index >= 15 is 0 Å². The molecule has 2 aliphatic heterocycles. The van der Waals surface area contributed by atoms with Gasteiger partial charge in [0, 0.05) is 24.9 Å². The molecule has 3 rings (SSSR count). The molecule has 1 N–H and O–H groups in total. The van der Waals surface area contributed by atoms with Gasteiger partial charge >= 0.3 is 6.09 Å². The molecule has 120 valence electrons. The van der Waals surface area contributed by atoms with E-state index in [9.17, 15) is 4.79 Å². The smallest absolute Gasteiger partial charge is 0.411 e. The van der Waals surface area contributed by atoms with Crippen molar-refractivity contribution in [3.05, 3.63) is 28.8 Å². The Morgan fingerprint density at radius 3 is 2.64 bits per heavy atom. The van der Waals surface area contributed by atoms with Crippen molar-refractivity contribution in [2.45, 2.75) is 57.2 Å². The van der Waals surface area contributed by atoms with Crippen molar-refractivity contribution in [1.29, 1.82) is 0 Å². The van der Waals surface area contributed by atoms with Crippen LogP contribution in [-0.4, -0.2) is 36.2 Å². The maximum atomic E-state index is 12.2. The first-order chi connectivity index (χ1) is 10.5. The summed E-state index contributed by atoms with van der Waals surface area (Å²) in [5.74, 6) is 0. The van der Waals surface area contributed by atoms with E-state index in [2.05, 4.69) is 17.3 Å². The lowest BCUT2D eigenvalue weighted by atomic mass is 9.83. The van der Waals surface area contributed by atoms with Crippen molar-refractivity contribution in [2.75, 3.05) is 12.4 Å². The number of anilines is 1. The van der Waals surface area contributed by atoms with Crippen LogP contribution in [0.4, 0.5) is 10.5 Å². The van der Waals surface area contributed by atoms with E-state index in [1.807, 2.05) is 19.1 Å². The third-order valence-corrected chi connectivity index (χ3v) is 5.33. The van der Waals surface area contributed by atoms with Crippen molar-refractivity contribution >= 4 is 23.4 Å². The number of hydrogen-bond donors (Lipinski definition) is 1. The minimum Gasteiger partial charge on any atom is -0.446 e. The van der Waals surface area contributed by atoms with E-state index in [0.717, 1.165) is 18.4 Å². The molecule has 2 aliphatic rings. The normalized spacial score (nSPS) is 28.2. The Bertz CT molecular complexity index is 529. The van der Waals surface area contributed by atoms with Crippen LogP contribution in [0.2, 0.25) is 5.02 Å². The van der Waals surface area contributed by atoms with Crippen LogP contribution in [0.3, 0.4) is 0 Å². The molecular formula is C17H23ClN2O2. The van der Waals surface area contributed by atoms with Gasteiger partial charge in [0.1, 0.15) is 6.10 Å². The molecule has 0 aromatic heterocycles. The van der Waals surface area contributed by atoms with Crippen molar-refractivity contribution in [3.63, 3.8) is 0 Å². The van der Waals surface area contributed by atoms with Gasteiger partial charge in [-0.1, -0.05) is 30.2 Å². The molecule has 22 heavy (non-hydrogen) atoms. The second-order valence-electron chi connectivity index (χ2n) is 6.46. The minimum atomic E-state index is -0.399. The molecule has 0 radical (unpaired) electrons. The lowest BCUT2D eigenvalue weighted by Crippen LogP contribution is -2.52. The molecular weight excluding hydrogens is 300 g/mol. The van der Waals surface area contributed by atoms with Gasteiger partial charge in [-0.05, 0) is 38.4 Å². The van der Waals surface area contributed by atoms with Gasteiger partial charge in [-0.25, -0.2) is 4.79 Å². The van der Waals surface area contributed by atoms with Crippen LogP contribution in [0.25, 0.3) is 0 Å². The highest BCUT2D eigenvalue weighted by atomic mass is 35.5. The average Bonchev–Trinajstić information content (AvgIpc) is 2.44. The summed E-state index contributed by atoms with van der Waals surface area (Å²) in [6, 6.07) is 6.65. The number of nitrogens with one attached hydrogen (secondary N) is 1. The van der Waals surface area contributed by atoms with Gasteiger partial charge in [-0.15, -0.1) is 0 Å². The Kier molecular flexibility index (Phi) is 4.59. The first-order valence-electron chi connectivity index (χ1n) is 7.99. The summed E-state index contributed by atoms with van der Waals surface area (Å²) < 4.78 is 5.65. The van der Waals surface area contributed by atoms with Crippen LogP contribution in [0.1, 0.15) is 37.7 Å². The van der Waals surface area contributed by atoms with Crippen molar-refractivity contribution < 1.29 is 9.53 Å². The second-order valence-corrected chi connectivity index (χ2v) is 6.87. The summed E-state index contributed by atoms with van der Waals surface area (Å²) in [5.41, 5.74) is 1.58. The number of amides is 1. The Morgan fingerprint density at radius 1 is 1.32 bits per heavy atom. The lowest BCUT2D eigenvalue weighted by molar-refractivity contribution is -0.0161. The molecule has 0 spiro atoms. The number of aryl methyl sites for hydroxylation is 1. The summed E-state index contributed by atoms with van der Waals surface area (Å²) in [4.78, 5) is 14.6. The van der Waals surface area contributed by atoms with E-state index in [1.165, 1.54) is 19.3 Å². The number of ether oxygens (including phenoxy) is 1. The summed E-state index contributed by atoms with van der Waals surface area (Å²) in [5, 5.41) is 3.34. The molecule has 2 heterocycles. The number of benzene rings is 1. The fourth-order valence-electron chi connectivity index (χ4n) is 3.74. The first kappa shape index (κ1) is 15.6. The van der Waals surface area contributed by atoms with Crippen molar-refractivity contribution in [3.8, 4) is 0 Å². The Balaban J connectivity index is 1.61. The van der Waals surface area contributed by atoms with Crippen LogP contribution < -0.4 is 5.32 Å². The number of carbonyl (C=O) groups is 1. The van der Waals surface area contributed by atoms with Gasteiger partial charge in [-0.2, -0.15) is 0 Å². The average molecular weight is 323 g/mol. The summed E-state index contributed by atoms with van der Waals surface area (Å²) in [7, 11) is 2.19. The standard InChI is InChI=1S/C17H23ClN2O2/c1-11-5-3-8-15(18)16(11)19-17(21)22-14-9-12-6-4-7-13(10-14)20(12)2/h3,5,8,12-14H,4,6-7,9-10H2,1-2H3,(H,19,21)/t12-,13-/m1/s1. The van der Waals surface area contributed by atoms with Crippen LogP contribution >= 0.6 is 11.6 Å². The number of carbonyl (C=O) groups excluding carboxylic acids is 1. The molecule has 0 unspecified atom stereocenters. The van der Waals surface area contributed by atoms with Crippen molar-refractivity contribution in [1.82, 2.24) is 4.90 Å². The van der Waals surface area contributed by atoms with E-state index in [1.54, 1.807) is 6.07 Å². The minimum absolute atomic E-state index is 0.00861. The predicted octanol–water partition coefficient (Wildman–Crippen LogP) is 4.21. The largest absolute Gasteiger partial charge is 0.446 e. The van der Waals surface area contributed by atoms with E-state index in [4.69, 9.17) is 16.3 Å². The highest BCUT2D eigenvalue weighted by Crippen LogP contribution is 2.34. The Morgan fingerprint density at radius 2 is 2.00 bits per heavy atom. The first-order valence-corrected chi connectivity index (χ1v) is 8.37. The number of nitrogens with zero attached hydrogens (tertiary/aromatic N) is 1. The lowest BCUT2D eigenvalue weighted by Gasteiger charge is -2.46. The van der Waals surface area contributed by atoms with Crippen LogP contribution in [-0.2, 0) is 4.74 Å². The molecule has 1 aromatic rings. The van der Waals surface area contributed by atoms with Crippen molar-refractivity contribution in [2.24, 2.45) is 0 Å². The van der Waals surface area contributed by atoms with Gasteiger partial charge < -0.3 is 9.64 Å².